The number of halogens is 2. The molecule has 1 fully saturated rings. The molecular formula is C14H15ClFN3O. The average Bonchev–Trinajstić information content (AvgIpc) is 2.78. The number of aromatic nitrogens is 2. The largest absolute Gasteiger partial charge is 0.339 e. The number of hydrogen-bond acceptors (Lipinski definition) is 4. The lowest BCUT2D eigenvalue weighted by Gasteiger charge is -2.36. The zero-order chi connectivity index (χ0) is 14.2. The lowest BCUT2D eigenvalue weighted by Crippen LogP contribution is -2.48. The number of rotatable bonds is 4. The van der Waals surface area contributed by atoms with Gasteiger partial charge in [0.05, 0.1) is 0 Å². The number of nitrogens with two attached hydrogens (primary N) is 1. The maximum absolute atomic E-state index is 13.0. The van der Waals surface area contributed by atoms with Gasteiger partial charge in [-0.15, -0.1) is 0 Å². The third-order valence-electron chi connectivity index (χ3n) is 3.73. The van der Waals surface area contributed by atoms with Gasteiger partial charge < -0.3 is 10.3 Å². The first-order valence-electron chi connectivity index (χ1n) is 6.58. The van der Waals surface area contributed by atoms with Gasteiger partial charge in [0.15, 0.2) is 5.82 Å². The van der Waals surface area contributed by atoms with Gasteiger partial charge in [-0.3, -0.25) is 0 Å². The van der Waals surface area contributed by atoms with Crippen LogP contribution in [-0.4, -0.2) is 15.7 Å². The lowest BCUT2D eigenvalue weighted by molar-refractivity contribution is 0.221. The predicted octanol–water partition coefficient (Wildman–Crippen LogP) is 2.88. The molecule has 1 saturated carbocycles. The Bertz CT molecular complexity index is 625. The fourth-order valence-electron chi connectivity index (χ4n) is 2.38. The molecule has 1 aliphatic carbocycles. The van der Waals surface area contributed by atoms with Gasteiger partial charge in [-0.1, -0.05) is 22.8 Å². The van der Waals surface area contributed by atoms with Crippen molar-refractivity contribution in [1.29, 1.82) is 0 Å². The summed E-state index contributed by atoms with van der Waals surface area (Å²) < 4.78 is 18.2. The van der Waals surface area contributed by atoms with Crippen molar-refractivity contribution in [3.05, 3.63) is 46.3 Å². The Balaban J connectivity index is 1.70. The fourth-order valence-corrected chi connectivity index (χ4v) is 2.61. The summed E-state index contributed by atoms with van der Waals surface area (Å²) in [6.07, 6.45) is 4.17. The summed E-state index contributed by atoms with van der Waals surface area (Å²) in [5.74, 6) is 0.736. The highest BCUT2D eigenvalue weighted by molar-refractivity contribution is 6.31. The molecule has 6 heteroatoms. The summed E-state index contributed by atoms with van der Waals surface area (Å²) >= 11 is 5.98. The van der Waals surface area contributed by atoms with Crippen molar-refractivity contribution >= 4 is 11.6 Å². The number of hydrogen-bond donors (Lipinski definition) is 1. The van der Waals surface area contributed by atoms with E-state index in [0.29, 0.717) is 29.6 Å². The second-order valence-corrected chi connectivity index (χ2v) is 5.82. The van der Waals surface area contributed by atoms with E-state index in [1.165, 1.54) is 12.1 Å². The normalized spacial score (nSPS) is 16.9. The first-order valence-corrected chi connectivity index (χ1v) is 6.96. The van der Waals surface area contributed by atoms with Gasteiger partial charge in [0.1, 0.15) is 5.82 Å². The SMILES string of the molecule is NC1(Cc2nc(Cc3ccc(F)cc3Cl)no2)CCC1. The van der Waals surface area contributed by atoms with Crippen molar-refractivity contribution in [2.75, 3.05) is 0 Å². The van der Waals surface area contributed by atoms with Gasteiger partial charge in [0.25, 0.3) is 0 Å². The molecule has 1 heterocycles. The molecule has 0 spiro atoms. The molecule has 2 aromatic rings. The van der Waals surface area contributed by atoms with Crippen LogP contribution in [0, 0.1) is 5.82 Å². The van der Waals surface area contributed by atoms with Crippen LogP contribution in [0.4, 0.5) is 4.39 Å². The third-order valence-corrected chi connectivity index (χ3v) is 4.08. The van der Waals surface area contributed by atoms with Crippen LogP contribution in [0.1, 0.15) is 36.5 Å². The molecular weight excluding hydrogens is 281 g/mol. The van der Waals surface area contributed by atoms with Crippen LogP contribution in [0.15, 0.2) is 22.7 Å². The number of benzene rings is 1. The molecule has 106 valence electrons. The van der Waals surface area contributed by atoms with Crippen LogP contribution in [0.25, 0.3) is 0 Å². The summed E-state index contributed by atoms with van der Waals surface area (Å²) in [6.45, 7) is 0. The topological polar surface area (TPSA) is 64.9 Å². The van der Waals surface area contributed by atoms with Crippen LogP contribution in [0.3, 0.4) is 0 Å². The zero-order valence-corrected chi connectivity index (χ0v) is 11.7. The molecule has 3 rings (SSSR count). The maximum atomic E-state index is 13.0. The Morgan fingerprint density at radius 2 is 2.20 bits per heavy atom. The molecule has 0 saturated heterocycles. The fraction of sp³-hybridized carbons (Fsp3) is 0.429. The van der Waals surface area contributed by atoms with Gasteiger partial charge in [-0.2, -0.15) is 4.98 Å². The van der Waals surface area contributed by atoms with Crippen molar-refractivity contribution in [3.63, 3.8) is 0 Å². The van der Waals surface area contributed by atoms with E-state index >= 15 is 0 Å². The highest BCUT2D eigenvalue weighted by Gasteiger charge is 2.34. The van der Waals surface area contributed by atoms with Crippen molar-refractivity contribution in [2.24, 2.45) is 5.73 Å². The Hall–Kier alpha value is -1.46. The van der Waals surface area contributed by atoms with Gasteiger partial charge in [0, 0.05) is 23.4 Å². The van der Waals surface area contributed by atoms with E-state index in [1.54, 1.807) is 6.07 Å². The van der Waals surface area contributed by atoms with E-state index < -0.39 is 0 Å². The molecule has 4 nitrogen and oxygen atoms in total. The first kappa shape index (κ1) is 13.5. The predicted molar refractivity (Wildman–Crippen MR) is 73.0 cm³/mol. The van der Waals surface area contributed by atoms with Crippen molar-refractivity contribution < 1.29 is 8.91 Å². The summed E-state index contributed by atoms with van der Waals surface area (Å²) in [5, 5.41) is 4.29. The molecule has 1 aromatic heterocycles. The highest BCUT2D eigenvalue weighted by Crippen LogP contribution is 2.32. The van der Waals surface area contributed by atoms with E-state index in [1.807, 2.05) is 0 Å². The van der Waals surface area contributed by atoms with Crippen molar-refractivity contribution in [3.8, 4) is 0 Å². The molecule has 20 heavy (non-hydrogen) atoms. The Morgan fingerprint density at radius 3 is 2.85 bits per heavy atom. The maximum Gasteiger partial charge on any atom is 0.228 e. The first-order chi connectivity index (χ1) is 9.54. The zero-order valence-electron chi connectivity index (χ0n) is 10.9. The third kappa shape index (κ3) is 2.83. The molecule has 0 atom stereocenters. The van der Waals surface area contributed by atoms with Crippen LogP contribution >= 0.6 is 11.6 Å². The minimum Gasteiger partial charge on any atom is -0.339 e. The van der Waals surface area contributed by atoms with E-state index in [9.17, 15) is 4.39 Å². The Morgan fingerprint density at radius 1 is 1.40 bits per heavy atom. The average molecular weight is 296 g/mol. The van der Waals surface area contributed by atoms with Crippen molar-refractivity contribution in [2.45, 2.75) is 37.6 Å². The van der Waals surface area contributed by atoms with Gasteiger partial charge >= 0.3 is 0 Å². The second kappa shape index (κ2) is 5.14. The molecule has 0 bridgehead atoms. The quantitative estimate of drug-likeness (QED) is 0.942. The summed E-state index contributed by atoms with van der Waals surface area (Å²) in [6, 6.07) is 4.27. The summed E-state index contributed by atoms with van der Waals surface area (Å²) in [4.78, 5) is 4.33. The van der Waals surface area contributed by atoms with E-state index in [2.05, 4.69) is 10.1 Å². The second-order valence-electron chi connectivity index (χ2n) is 5.41. The standard InChI is InChI=1S/C14H15ClFN3O/c15-11-7-10(16)3-2-9(11)6-12-18-13(20-19-12)8-14(17)4-1-5-14/h2-3,7H,1,4-6,8,17H2. The summed E-state index contributed by atoms with van der Waals surface area (Å²) in [7, 11) is 0. The van der Waals surface area contributed by atoms with Gasteiger partial charge in [0.2, 0.25) is 5.89 Å². The monoisotopic (exact) mass is 295 g/mol. The van der Waals surface area contributed by atoms with Crippen molar-refractivity contribution in [1.82, 2.24) is 10.1 Å². The van der Waals surface area contributed by atoms with E-state index in [0.717, 1.165) is 24.8 Å². The Kier molecular flexibility index (Phi) is 3.48. The minimum absolute atomic E-state index is 0.183. The molecule has 0 aliphatic heterocycles. The minimum atomic E-state index is -0.359. The van der Waals surface area contributed by atoms with E-state index in [-0.39, 0.29) is 11.4 Å². The van der Waals surface area contributed by atoms with Crippen LogP contribution in [0.2, 0.25) is 5.02 Å². The van der Waals surface area contributed by atoms with Crippen LogP contribution < -0.4 is 5.73 Å². The molecule has 1 aliphatic rings. The molecule has 2 N–H and O–H groups in total. The molecule has 0 amide bonds. The van der Waals surface area contributed by atoms with Crippen LogP contribution in [-0.2, 0) is 12.8 Å². The highest BCUT2D eigenvalue weighted by atomic mass is 35.5. The van der Waals surface area contributed by atoms with E-state index in [4.69, 9.17) is 21.9 Å². The Labute approximate surface area is 121 Å². The van der Waals surface area contributed by atoms with Crippen LogP contribution in [0.5, 0.6) is 0 Å². The molecule has 1 aromatic carbocycles. The van der Waals surface area contributed by atoms with Gasteiger partial charge in [-0.25, -0.2) is 4.39 Å². The smallest absolute Gasteiger partial charge is 0.228 e. The summed E-state index contributed by atoms with van der Waals surface area (Å²) in [5.41, 5.74) is 6.73. The number of nitrogens with zero attached hydrogens (tertiary/aromatic N) is 2. The molecule has 0 unspecified atom stereocenters. The van der Waals surface area contributed by atoms with Gasteiger partial charge in [-0.05, 0) is 37.0 Å². The lowest BCUT2D eigenvalue weighted by atomic mass is 9.75. The molecule has 0 radical (unpaired) electrons.